The number of nitrogens with zero attached hydrogens (tertiary/aromatic N) is 3. The molecule has 4 nitrogen and oxygen atoms in total. The molecule has 4 heteroatoms. The van der Waals surface area contributed by atoms with E-state index in [1.54, 1.807) is 0 Å². The summed E-state index contributed by atoms with van der Waals surface area (Å²) in [5.41, 5.74) is 4.98. The Morgan fingerprint density at radius 3 is 2.72 bits per heavy atom. The Hall–Kier alpha value is -2.36. The fraction of sp³-hybridized carbons (Fsp3) is 0.143. The number of aldehydes is 1. The van der Waals surface area contributed by atoms with E-state index in [-0.39, 0.29) is 0 Å². The number of aryl methyl sites for hydroxylation is 2. The van der Waals surface area contributed by atoms with Crippen molar-refractivity contribution in [1.82, 2.24) is 14.2 Å². The maximum atomic E-state index is 10.8. The van der Waals surface area contributed by atoms with Gasteiger partial charge in [-0.2, -0.15) is 5.10 Å². The SMILES string of the molecule is Cc1nn(C)cc1-c1cc2ccc(C=O)cn2c1. The van der Waals surface area contributed by atoms with Crippen LogP contribution >= 0.6 is 0 Å². The van der Waals surface area contributed by atoms with Crippen LogP contribution in [0.5, 0.6) is 0 Å². The van der Waals surface area contributed by atoms with E-state index >= 15 is 0 Å². The molecule has 0 unspecified atom stereocenters. The maximum Gasteiger partial charge on any atom is 0.151 e. The van der Waals surface area contributed by atoms with Crippen LogP contribution in [0.2, 0.25) is 0 Å². The summed E-state index contributed by atoms with van der Waals surface area (Å²) in [6, 6.07) is 5.86. The van der Waals surface area contributed by atoms with Crippen LogP contribution in [0.1, 0.15) is 16.1 Å². The second-order valence-corrected chi connectivity index (χ2v) is 4.44. The van der Waals surface area contributed by atoms with Gasteiger partial charge in [0.2, 0.25) is 0 Å². The highest BCUT2D eigenvalue weighted by Gasteiger charge is 2.08. The van der Waals surface area contributed by atoms with Crippen molar-refractivity contribution in [3.63, 3.8) is 0 Å². The number of aromatic nitrogens is 3. The lowest BCUT2D eigenvalue weighted by molar-refractivity contribution is 0.112. The van der Waals surface area contributed by atoms with Crippen LogP contribution in [-0.4, -0.2) is 20.5 Å². The average Bonchev–Trinajstić information content (AvgIpc) is 2.90. The Bertz CT molecular complexity index is 737. The molecule has 0 fully saturated rings. The molecule has 0 N–H and O–H groups in total. The highest BCUT2D eigenvalue weighted by Crippen LogP contribution is 2.25. The maximum absolute atomic E-state index is 10.8. The summed E-state index contributed by atoms with van der Waals surface area (Å²) in [4.78, 5) is 10.8. The van der Waals surface area contributed by atoms with Crippen LogP contribution < -0.4 is 0 Å². The number of carbonyl (C=O) groups excluding carboxylic acids is 1. The first-order valence-corrected chi connectivity index (χ1v) is 5.75. The lowest BCUT2D eigenvalue weighted by atomic mass is 10.1. The molecule has 3 rings (SSSR count). The third kappa shape index (κ3) is 1.62. The average molecular weight is 239 g/mol. The van der Waals surface area contributed by atoms with Gasteiger partial charge in [0, 0.05) is 47.8 Å². The summed E-state index contributed by atoms with van der Waals surface area (Å²) in [7, 11) is 1.91. The Morgan fingerprint density at radius 2 is 2.06 bits per heavy atom. The molecule has 0 amide bonds. The van der Waals surface area contributed by atoms with Crippen LogP contribution in [0.25, 0.3) is 16.6 Å². The van der Waals surface area contributed by atoms with Gasteiger partial charge in [0.15, 0.2) is 6.29 Å². The van der Waals surface area contributed by atoms with Gasteiger partial charge in [-0.05, 0) is 25.1 Å². The molecular weight excluding hydrogens is 226 g/mol. The van der Waals surface area contributed by atoms with Crippen molar-refractivity contribution in [2.24, 2.45) is 7.05 Å². The van der Waals surface area contributed by atoms with E-state index in [1.165, 1.54) is 0 Å². The normalized spacial score (nSPS) is 11.0. The zero-order chi connectivity index (χ0) is 12.7. The predicted molar refractivity (Wildman–Crippen MR) is 69.7 cm³/mol. The molecule has 0 aliphatic heterocycles. The van der Waals surface area contributed by atoms with E-state index < -0.39 is 0 Å². The number of rotatable bonds is 2. The zero-order valence-corrected chi connectivity index (χ0v) is 10.3. The van der Waals surface area contributed by atoms with Crippen LogP contribution in [-0.2, 0) is 7.05 Å². The van der Waals surface area contributed by atoms with Crippen LogP contribution in [0.3, 0.4) is 0 Å². The fourth-order valence-corrected chi connectivity index (χ4v) is 2.23. The van der Waals surface area contributed by atoms with E-state index in [4.69, 9.17) is 0 Å². The van der Waals surface area contributed by atoms with Crippen LogP contribution in [0.4, 0.5) is 0 Å². The minimum absolute atomic E-state index is 0.674. The predicted octanol–water partition coefficient (Wildman–Crippen LogP) is 2.46. The molecule has 0 atom stereocenters. The number of hydrogen-bond donors (Lipinski definition) is 0. The summed E-state index contributed by atoms with van der Waals surface area (Å²) in [6.45, 7) is 1.99. The van der Waals surface area contributed by atoms with E-state index in [9.17, 15) is 4.79 Å². The van der Waals surface area contributed by atoms with Gasteiger partial charge in [-0.25, -0.2) is 0 Å². The molecule has 0 aliphatic rings. The smallest absolute Gasteiger partial charge is 0.151 e. The molecule has 3 aromatic heterocycles. The zero-order valence-electron chi connectivity index (χ0n) is 10.3. The topological polar surface area (TPSA) is 39.3 Å². The van der Waals surface area contributed by atoms with Gasteiger partial charge in [-0.1, -0.05) is 0 Å². The molecule has 0 aliphatic carbocycles. The first-order chi connectivity index (χ1) is 8.67. The fourth-order valence-electron chi connectivity index (χ4n) is 2.23. The summed E-state index contributed by atoms with van der Waals surface area (Å²) in [6.07, 6.45) is 6.71. The minimum atomic E-state index is 0.674. The third-order valence-electron chi connectivity index (χ3n) is 3.07. The molecule has 0 radical (unpaired) electrons. The van der Waals surface area contributed by atoms with Crippen molar-refractivity contribution in [1.29, 1.82) is 0 Å². The van der Waals surface area contributed by atoms with E-state index in [0.717, 1.165) is 28.6 Å². The summed E-state index contributed by atoms with van der Waals surface area (Å²) >= 11 is 0. The second-order valence-electron chi connectivity index (χ2n) is 4.44. The van der Waals surface area contributed by atoms with Gasteiger partial charge in [0.25, 0.3) is 0 Å². The minimum Gasteiger partial charge on any atom is -0.323 e. The van der Waals surface area contributed by atoms with Crippen molar-refractivity contribution in [2.45, 2.75) is 6.92 Å². The molecule has 18 heavy (non-hydrogen) atoms. The van der Waals surface area contributed by atoms with Gasteiger partial charge < -0.3 is 4.40 Å². The molecule has 3 aromatic rings. The van der Waals surface area contributed by atoms with Gasteiger partial charge >= 0.3 is 0 Å². The number of pyridine rings is 1. The molecule has 90 valence electrons. The lowest BCUT2D eigenvalue weighted by Crippen LogP contribution is -1.86. The molecule has 0 aromatic carbocycles. The Morgan fingerprint density at radius 1 is 1.22 bits per heavy atom. The van der Waals surface area contributed by atoms with Crippen molar-refractivity contribution in [3.05, 3.63) is 48.0 Å². The molecule has 0 bridgehead atoms. The summed E-state index contributed by atoms with van der Waals surface area (Å²) in [5, 5.41) is 4.34. The van der Waals surface area contributed by atoms with Crippen molar-refractivity contribution in [2.75, 3.05) is 0 Å². The van der Waals surface area contributed by atoms with Gasteiger partial charge in [0.1, 0.15) is 0 Å². The standard InChI is InChI=1S/C14H13N3O/c1-10-14(8-16(2)15-10)12-5-13-4-3-11(9-18)6-17(13)7-12/h3-9H,1-2H3. The highest BCUT2D eigenvalue weighted by atomic mass is 16.1. The third-order valence-corrected chi connectivity index (χ3v) is 3.07. The van der Waals surface area contributed by atoms with Crippen molar-refractivity contribution < 1.29 is 4.79 Å². The number of carbonyl (C=O) groups is 1. The molecular formula is C14H13N3O. The Balaban J connectivity index is 2.18. The molecule has 0 spiro atoms. The Kier molecular flexibility index (Phi) is 2.30. The largest absolute Gasteiger partial charge is 0.323 e. The van der Waals surface area contributed by atoms with E-state index in [1.807, 2.05) is 53.8 Å². The van der Waals surface area contributed by atoms with Gasteiger partial charge in [-0.15, -0.1) is 0 Å². The molecule has 3 heterocycles. The van der Waals surface area contributed by atoms with Crippen LogP contribution in [0.15, 0.2) is 36.8 Å². The molecule has 0 saturated heterocycles. The number of fused-ring (bicyclic) bond motifs is 1. The van der Waals surface area contributed by atoms with E-state index in [0.29, 0.717) is 5.56 Å². The van der Waals surface area contributed by atoms with Crippen molar-refractivity contribution >= 4 is 11.8 Å². The Labute approximate surface area is 104 Å². The first-order valence-electron chi connectivity index (χ1n) is 5.75. The van der Waals surface area contributed by atoms with Gasteiger partial charge in [0.05, 0.1) is 5.69 Å². The second kappa shape index (κ2) is 3.84. The summed E-state index contributed by atoms with van der Waals surface area (Å²) < 4.78 is 3.77. The van der Waals surface area contributed by atoms with Gasteiger partial charge in [-0.3, -0.25) is 9.48 Å². The van der Waals surface area contributed by atoms with E-state index in [2.05, 4.69) is 11.2 Å². The number of hydrogen-bond acceptors (Lipinski definition) is 2. The van der Waals surface area contributed by atoms with Crippen LogP contribution in [0, 0.1) is 6.92 Å². The van der Waals surface area contributed by atoms with Crippen molar-refractivity contribution in [3.8, 4) is 11.1 Å². The monoisotopic (exact) mass is 239 g/mol. The molecule has 0 saturated carbocycles. The lowest BCUT2D eigenvalue weighted by Gasteiger charge is -1.94. The first kappa shape index (κ1) is 10.8. The highest BCUT2D eigenvalue weighted by molar-refractivity contribution is 5.77. The quantitative estimate of drug-likeness (QED) is 0.644. The summed E-state index contributed by atoms with van der Waals surface area (Å²) in [5.74, 6) is 0.